The second kappa shape index (κ2) is 8.62. The Labute approximate surface area is 223 Å². The van der Waals surface area contributed by atoms with Crippen LogP contribution in [0.5, 0.6) is 0 Å². The molecule has 5 heteroatoms. The third-order valence-electron chi connectivity index (χ3n) is 7.48. The van der Waals surface area contributed by atoms with Gasteiger partial charge in [0.25, 0.3) is 0 Å². The lowest BCUT2D eigenvalue weighted by molar-refractivity contribution is 0.0951. The summed E-state index contributed by atoms with van der Waals surface area (Å²) in [6.07, 6.45) is 3.97. The first-order valence-electron chi connectivity index (χ1n) is 11.7. The molecular weight excluding hydrogens is 557 g/mol. The Morgan fingerprint density at radius 2 is 1.56 bits per heavy atom. The number of hydrogen-bond acceptors (Lipinski definition) is 4. The van der Waals surface area contributed by atoms with E-state index in [9.17, 15) is 15.3 Å². The number of carbonyl (C=O) groups excluding carboxylic acids is 1. The molecule has 2 aliphatic rings. The molecule has 0 bridgehead atoms. The fraction of sp³-hybridized carbons (Fsp3) is 0.129. The van der Waals surface area contributed by atoms with Gasteiger partial charge in [0.1, 0.15) is 6.04 Å². The summed E-state index contributed by atoms with van der Waals surface area (Å²) in [5.74, 6) is -0.729. The summed E-state index contributed by atoms with van der Waals surface area (Å²) in [5.41, 5.74) is 1.85. The maximum Gasteiger partial charge on any atom is 0.185 e. The van der Waals surface area contributed by atoms with E-state index in [-0.39, 0.29) is 5.78 Å². The molecule has 0 saturated carbocycles. The van der Waals surface area contributed by atoms with Crippen molar-refractivity contribution in [3.8, 4) is 12.1 Å². The molecule has 2 heterocycles. The minimum absolute atomic E-state index is 0.0907. The first kappa shape index (κ1) is 22.5. The Balaban J connectivity index is 1.67. The summed E-state index contributed by atoms with van der Waals surface area (Å²) in [5, 5.41) is 23.4. The van der Waals surface area contributed by atoms with E-state index in [1.807, 2.05) is 89.8 Å². The number of halogens is 1. The number of anilines is 1. The van der Waals surface area contributed by atoms with Crippen molar-refractivity contribution in [3.05, 3.63) is 117 Å². The van der Waals surface area contributed by atoms with Crippen LogP contribution < -0.4 is 4.90 Å². The van der Waals surface area contributed by atoms with Gasteiger partial charge in [-0.1, -0.05) is 91.0 Å². The molecule has 1 fully saturated rings. The first-order valence-corrected chi connectivity index (χ1v) is 12.8. The number of nitrogens with zero attached hydrogens (tertiary/aromatic N) is 3. The Morgan fingerprint density at radius 1 is 0.861 bits per heavy atom. The number of rotatable bonds is 3. The van der Waals surface area contributed by atoms with Crippen LogP contribution in [0.25, 0.3) is 16.8 Å². The molecule has 1 saturated heterocycles. The molecule has 0 aliphatic carbocycles. The Morgan fingerprint density at radius 3 is 2.31 bits per heavy atom. The number of fused-ring (bicyclic) bond motifs is 5. The maximum atomic E-state index is 14.3. The van der Waals surface area contributed by atoms with E-state index in [1.165, 1.54) is 0 Å². The monoisotopic (exact) mass is 577 g/mol. The van der Waals surface area contributed by atoms with Crippen LogP contribution in [0, 0.1) is 31.6 Å². The van der Waals surface area contributed by atoms with Crippen LogP contribution in [0.1, 0.15) is 27.4 Å². The number of hydrogen-bond donors (Lipinski definition) is 0. The van der Waals surface area contributed by atoms with Crippen LogP contribution in [0.15, 0.2) is 97.1 Å². The van der Waals surface area contributed by atoms with E-state index in [0.717, 1.165) is 31.2 Å². The van der Waals surface area contributed by atoms with Crippen molar-refractivity contribution in [1.82, 2.24) is 0 Å². The lowest BCUT2D eigenvalue weighted by Crippen LogP contribution is -2.44. The number of nitriles is 2. The van der Waals surface area contributed by atoms with Crippen LogP contribution >= 0.6 is 22.6 Å². The van der Waals surface area contributed by atoms with Gasteiger partial charge in [-0.25, -0.2) is 0 Å². The standard InChI is InChI=1S/C31H20IN3O/c32-25-13-7-6-12-24(25)28-29(30(36)21-9-2-1-3-10-21)35-26-16-14-20-8-4-5-11-22(20)23(26)15-17-27(35)31(28,18-33)19-34/h1-17,27-29H/t27-,28+,29-/m1/s1. The van der Waals surface area contributed by atoms with E-state index in [0.29, 0.717) is 5.56 Å². The van der Waals surface area contributed by atoms with Crippen molar-refractivity contribution >= 4 is 50.9 Å². The first-order chi connectivity index (χ1) is 17.6. The van der Waals surface area contributed by atoms with Crippen LogP contribution in [0.2, 0.25) is 0 Å². The van der Waals surface area contributed by atoms with Crippen molar-refractivity contribution in [3.63, 3.8) is 0 Å². The van der Waals surface area contributed by atoms with E-state index >= 15 is 0 Å². The van der Waals surface area contributed by atoms with Crippen molar-refractivity contribution in [1.29, 1.82) is 10.5 Å². The van der Waals surface area contributed by atoms with Gasteiger partial charge in [-0.15, -0.1) is 0 Å². The van der Waals surface area contributed by atoms with Gasteiger partial charge in [0, 0.05) is 26.3 Å². The molecule has 2 aliphatic heterocycles. The fourth-order valence-corrected chi connectivity index (χ4v) is 6.61. The highest BCUT2D eigenvalue weighted by Gasteiger charge is 2.63. The summed E-state index contributed by atoms with van der Waals surface area (Å²) in [6.45, 7) is 0. The quantitative estimate of drug-likeness (QED) is 0.200. The number of ketones is 1. The molecule has 3 atom stereocenters. The third-order valence-corrected chi connectivity index (χ3v) is 8.46. The summed E-state index contributed by atoms with van der Waals surface area (Å²) < 4.78 is 0.934. The highest BCUT2D eigenvalue weighted by Crippen LogP contribution is 2.56. The highest BCUT2D eigenvalue weighted by atomic mass is 127. The van der Waals surface area contributed by atoms with Gasteiger partial charge in [-0.05, 0) is 51.1 Å². The molecule has 4 aromatic carbocycles. The molecule has 0 aromatic heterocycles. The van der Waals surface area contributed by atoms with Gasteiger partial charge >= 0.3 is 0 Å². The molecule has 0 spiro atoms. The summed E-state index contributed by atoms with van der Waals surface area (Å²) in [7, 11) is 0. The Hall–Kier alpha value is -3.94. The molecule has 0 unspecified atom stereocenters. The van der Waals surface area contributed by atoms with Crippen molar-refractivity contribution in [2.75, 3.05) is 4.90 Å². The Bertz CT molecular complexity index is 1620. The summed E-state index contributed by atoms with van der Waals surface area (Å²) in [6, 6.07) is 32.7. The molecule has 172 valence electrons. The number of Topliss-reactive ketones (excluding diaryl/α,β-unsaturated/α-hetero) is 1. The van der Waals surface area contributed by atoms with Crippen LogP contribution in [0.4, 0.5) is 5.69 Å². The third kappa shape index (κ3) is 3.13. The molecular formula is C31H20IN3O. The maximum absolute atomic E-state index is 14.3. The van der Waals surface area contributed by atoms with Crippen molar-refractivity contribution in [2.45, 2.75) is 18.0 Å². The van der Waals surface area contributed by atoms with E-state index in [4.69, 9.17) is 0 Å². The van der Waals surface area contributed by atoms with Gasteiger partial charge in [0.05, 0.1) is 18.2 Å². The lowest BCUT2D eigenvalue weighted by Gasteiger charge is -2.36. The summed E-state index contributed by atoms with van der Waals surface area (Å²) >= 11 is 2.25. The smallest absolute Gasteiger partial charge is 0.185 e. The van der Waals surface area contributed by atoms with E-state index < -0.39 is 23.4 Å². The van der Waals surface area contributed by atoms with E-state index in [1.54, 1.807) is 0 Å². The minimum atomic E-state index is -1.45. The van der Waals surface area contributed by atoms with Gasteiger partial charge in [-0.3, -0.25) is 4.79 Å². The van der Waals surface area contributed by atoms with E-state index in [2.05, 4.69) is 52.9 Å². The molecule has 0 N–H and O–H groups in total. The highest BCUT2D eigenvalue weighted by molar-refractivity contribution is 14.1. The van der Waals surface area contributed by atoms with Crippen LogP contribution in [-0.2, 0) is 0 Å². The average Bonchev–Trinajstić information content (AvgIpc) is 3.24. The Kier molecular flexibility index (Phi) is 5.39. The second-order valence-corrected chi connectivity index (χ2v) is 10.4. The fourth-order valence-electron chi connectivity index (χ4n) is 5.89. The lowest BCUT2D eigenvalue weighted by atomic mass is 9.69. The largest absolute Gasteiger partial charge is 0.351 e. The molecule has 4 nitrogen and oxygen atoms in total. The zero-order chi connectivity index (χ0) is 24.9. The molecule has 36 heavy (non-hydrogen) atoms. The zero-order valence-corrected chi connectivity index (χ0v) is 21.3. The predicted octanol–water partition coefficient (Wildman–Crippen LogP) is 6.73. The molecule has 4 aromatic rings. The molecule has 6 rings (SSSR count). The average molecular weight is 577 g/mol. The molecule has 0 amide bonds. The number of benzene rings is 4. The van der Waals surface area contributed by atoms with Gasteiger partial charge in [0.2, 0.25) is 0 Å². The van der Waals surface area contributed by atoms with Gasteiger partial charge < -0.3 is 4.90 Å². The minimum Gasteiger partial charge on any atom is -0.351 e. The van der Waals surface area contributed by atoms with Gasteiger partial charge in [0.15, 0.2) is 11.2 Å². The second-order valence-electron chi connectivity index (χ2n) is 9.20. The van der Waals surface area contributed by atoms with Crippen molar-refractivity contribution in [2.24, 2.45) is 5.41 Å². The summed E-state index contributed by atoms with van der Waals surface area (Å²) in [4.78, 5) is 16.3. The topological polar surface area (TPSA) is 67.9 Å². The number of carbonyl (C=O) groups is 1. The van der Waals surface area contributed by atoms with Crippen molar-refractivity contribution < 1.29 is 4.79 Å². The zero-order valence-electron chi connectivity index (χ0n) is 19.2. The van der Waals surface area contributed by atoms with Gasteiger partial charge in [-0.2, -0.15) is 10.5 Å². The molecule has 0 radical (unpaired) electrons. The normalized spacial score (nSPS) is 21.3. The predicted molar refractivity (Wildman–Crippen MR) is 149 cm³/mol. The van der Waals surface area contributed by atoms with Crippen LogP contribution in [-0.4, -0.2) is 17.9 Å². The van der Waals surface area contributed by atoms with Crippen LogP contribution in [0.3, 0.4) is 0 Å². The SMILES string of the molecule is N#CC1(C#N)[C@@H](c2ccccc2I)[C@H](C(=O)c2ccccc2)N2c3ccc4ccccc4c3C=C[C@@H]21.